The quantitative estimate of drug-likeness (QED) is 0.846. The highest BCUT2D eigenvalue weighted by atomic mass is 19.4. The van der Waals surface area contributed by atoms with Gasteiger partial charge in [-0.05, 0) is 6.92 Å². The van der Waals surface area contributed by atoms with E-state index in [9.17, 15) is 22.8 Å². The first-order chi connectivity index (χ1) is 9.32. The molecular weight excluding hydrogens is 279 g/mol. The Kier molecular flexibility index (Phi) is 3.69. The van der Waals surface area contributed by atoms with Gasteiger partial charge in [-0.15, -0.1) is 0 Å². The van der Waals surface area contributed by atoms with Crippen LogP contribution < -0.4 is 5.69 Å². The van der Waals surface area contributed by atoms with Gasteiger partial charge in [0.1, 0.15) is 0 Å². The zero-order chi connectivity index (χ0) is 14.9. The molecule has 0 unspecified atom stereocenters. The number of hydrogen-bond acceptors (Lipinski definition) is 4. The first-order valence-electron chi connectivity index (χ1n) is 5.94. The standard InChI is InChI=1S/C11H12F3N3O3/c1-2-20-10(19)17-4-3-7-6(5-17)8(11(12,13)14)16-9(18)15-7/h2-5H2,1H3,(H,15,16,18). The lowest BCUT2D eigenvalue weighted by Gasteiger charge is -2.28. The number of ether oxygens (including phenoxy) is 1. The predicted molar refractivity (Wildman–Crippen MR) is 61.0 cm³/mol. The third kappa shape index (κ3) is 2.75. The third-order valence-electron chi connectivity index (χ3n) is 2.90. The van der Waals surface area contributed by atoms with E-state index < -0.39 is 23.7 Å². The molecular formula is C11H12F3N3O3. The summed E-state index contributed by atoms with van der Waals surface area (Å²) in [5, 5.41) is 0. The maximum Gasteiger partial charge on any atom is 0.433 e. The average molecular weight is 291 g/mol. The zero-order valence-electron chi connectivity index (χ0n) is 10.6. The molecule has 1 aliphatic rings. The second-order valence-corrected chi connectivity index (χ2v) is 4.22. The predicted octanol–water partition coefficient (Wildman–Crippen LogP) is 1.30. The summed E-state index contributed by atoms with van der Waals surface area (Å²) in [5.41, 5.74) is -2.31. The number of rotatable bonds is 1. The summed E-state index contributed by atoms with van der Waals surface area (Å²) < 4.78 is 43.4. The van der Waals surface area contributed by atoms with Crippen molar-refractivity contribution in [1.82, 2.24) is 14.9 Å². The Hall–Kier alpha value is -2.06. The van der Waals surface area contributed by atoms with Gasteiger partial charge in [-0.1, -0.05) is 0 Å². The molecule has 6 nitrogen and oxygen atoms in total. The number of fused-ring (bicyclic) bond motifs is 1. The van der Waals surface area contributed by atoms with Crippen LogP contribution in [0.2, 0.25) is 0 Å². The Morgan fingerprint density at radius 2 is 2.20 bits per heavy atom. The van der Waals surface area contributed by atoms with Crippen LogP contribution in [0.15, 0.2) is 4.79 Å². The van der Waals surface area contributed by atoms with Crippen LogP contribution in [0.3, 0.4) is 0 Å². The van der Waals surface area contributed by atoms with Crippen LogP contribution in [0.1, 0.15) is 23.9 Å². The number of aromatic amines is 1. The molecule has 0 aromatic carbocycles. The maximum atomic E-state index is 12.9. The van der Waals surface area contributed by atoms with Crippen LogP contribution in [0, 0.1) is 0 Å². The second kappa shape index (κ2) is 5.14. The van der Waals surface area contributed by atoms with Gasteiger partial charge in [0.25, 0.3) is 0 Å². The minimum Gasteiger partial charge on any atom is -0.450 e. The largest absolute Gasteiger partial charge is 0.450 e. The number of alkyl halides is 3. The average Bonchev–Trinajstić information content (AvgIpc) is 2.36. The molecule has 2 rings (SSSR count). The Morgan fingerprint density at radius 1 is 1.50 bits per heavy atom. The van der Waals surface area contributed by atoms with Crippen molar-refractivity contribution in [3.05, 3.63) is 27.4 Å². The monoisotopic (exact) mass is 291 g/mol. The molecule has 0 fully saturated rings. The van der Waals surface area contributed by atoms with Crippen molar-refractivity contribution in [2.45, 2.75) is 26.1 Å². The summed E-state index contributed by atoms with van der Waals surface area (Å²) in [4.78, 5) is 29.1. The molecule has 0 atom stereocenters. The van der Waals surface area contributed by atoms with E-state index in [4.69, 9.17) is 4.74 Å². The fraction of sp³-hybridized carbons (Fsp3) is 0.545. The van der Waals surface area contributed by atoms with Crippen LogP contribution in [-0.2, 0) is 23.9 Å². The topological polar surface area (TPSA) is 75.3 Å². The molecule has 0 aliphatic carbocycles. The van der Waals surface area contributed by atoms with E-state index in [0.717, 1.165) is 4.90 Å². The fourth-order valence-electron chi connectivity index (χ4n) is 2.05. The summed E-state index contributed by atoms with van der Waals surface area (Å²) in [7, 11) is 0. The first-order valence-corrected chi connectivity index (χ1v) is 5.94. The summed E-state index contributed by atoms with van der Waals surface area (Å²) in [5.74, 6) is 0. The van der Waals surface area contributed by atoms with E-state index in [2.05, 4.69) is 9.97 Å². The molecule has 1 aromatic heterocycles. The number of hydrogen-bond donors (Lipinski definition) is 1. The lowest BCUT2D eigenvalue weighted by Crippen LogP contribution is -2.39. The van der Waals surface area contributed by atoms with E-state index >= 15 is 0 Å². The SMILES string of the molecule is CCOC(=O)N1CCc2[nH]c(=O)nc(C(F)(F)F)c2C1. The Labute approximate surface area is 111 Å². The zero-order valence-corrected chi connectivity index (χ0v) is 10.6. The summed E-state index contributed by atoms with van der Waals surface area (Å²) >= 11 is 0. The number of carbonyl (C=O) groups is 1. The van der Waals surface area contributed by atoms with Crippen LogP contribution in [0.5, 0.6) is 0 Å². The van der Waals surface area contributed by atoms with Crippen molar-refractivity contribution in [1.29, 1.82) is 0 Å². The van der Waals surface area contributed by atoms with Crippen LogP contribution in [0.4, 0.5) is 18.0 Å². The third-order valence-corrected chi connectivity index (χ3v) is 2.90. The van der Waals surface area contributed by atoms with Gasteiger partial charge in [-0.25, -0.2) is 9.59 Å². The number of halogens is 3. The van der Waals surface area contributed by atoms with Crippen molar-refractivity contribution in [3.63, 3.8) is 0 Å². The number of nitrogens with zero attached hydrogens (tertiary/aromatic N) is 2. The van der Waals surface area contributed by atoms with Crippen LogP contribution in [-0.4, -0.2) is 34.1 Å². The smallest absolute Gasteiger partial charge is 0.433 e. The fourth-order valence-corrected chi connectivity index (χ4v) is 2.05. The van der Waals surface area contributed by atoms with Crippen LogP contribution >= 0.6 is 0 Å². The molecule has 1 N–H and O–H groups in total. The molecule has 110 valence electrons. The maximum absolute atomic E-state index is 12.9. The highest BCUT2D eigenvalue weighted by molar-refractivity contribution is 5.68. The molecule has 2 heterocycles. The minimum atomic E-state index is -4.74. The summed E-state index contributed by atoms with van der Waals surface area (Å²) in [6, 6.07) is 0. The highest BCUT2D eigenvalue weighted by Crippen LogP contribution is 2.32. The molecule has 1 aromatic rings. The molecule has 1 amide bonds. The number of H-pyrrole nitrogens is 1. The normalized spacial score (nSPS) is 14.9. The summed E-state index contributed by atoms with van der Waals surface area (Å²) in [6.07, 6.45) is -5.30. The molecule has 9 heteroatoms. The first kappa shape index (κ1) is 14.4. The molecule has 0 saturated carbocycles. The van der Waals surface area contributed by atoms with Crippen molar-refractivity contribution >= 4 is 6.09 Å². The van der Waals surface area contributed by atoms with Gasteiger partial charge >= 0.3 is 18.0 Å². The molecule has 20 heavy (non-hydrogen) atoms. The van der Waals surface area contributed by atoms with Gasteiger partial charge in [0.2, 0.25) is 0 Å². The highest BCUT2D eigenvalue weighted by Gasteiger charge is 2.39. The Bertz CT molecular complexity index is 583. The lowest BCUT2D eigenvalue weighted by atomic mass is 10.0. The van der Waals surface area contributed by atoms with Gasteiger partial charge in [-0.3, -0.25) is 0 Å². The van der Waals surface area contributed by atoms with Crippen molar-refractivity contribution in [2.24, 2.45) is 0 Å². The Morgan fingerprint density at radius 3 is 2.80 bits per heavy atom. The lowest BCUT2D eigenvalue weighted by molar-refractivity contribution is -0.142. The molecule has 0 spiro atoms. The number of amides is 1. The van der Waals surface area contributed by atoms with Crippen LogP contribution in [0.25, 0.3) is 0 Å². The van der Waals surface area contributed by atoms with Gasteiger partial charge < -0.3 is 14.6 Å². The van der Waals surface area contributed by atoms with E-state index in [-0.39, 0.29) is 37.4 Å². The molecule has 1 aliphatic heterocycles. The molecule has 0 saturated heterocycles. The van der Waals surface area contributed by atoms with Gasteiger partial charge in [0.15, 0.2) is 5.69 Å². The molecule has 0 bridgehead atoms. The van der Waals surface area contributed by atoms with Crippen molar-refractivity contribution in [3.8, 4) is 0 Å². The van der Waals surface area contributed by atoms with E-state index in [1.807, 2.05) is 0 Å². The Balaban J connectivity index is 2.40. The second-order valence-electron chi connectivity index (χ2n) is 4.22. The number of carbonyl (C=O) groups excluding carboxylic acids is 1. The van der Waals surface area contributed by atoms with Gasteiger partial charge in [0, 0.05) is 24.2 Å². The van der Waals surface area contributed by atoms with E-state index in [1.165, 1.54) is 0 Å². The minimum absolute atomic E-state index is 0.120. The van der Waals surface area contributed by atoms with Crippen molar-refractivity contribution in [2.75, 3.05) is 13.2 Å². The van der Waals surface area contributed by atoms with Crippen molar-refractivity contribution < 1.29 is 22.7 Å². The number of nitrogens with one attached hydrogen (secondary N) is 1. The van der Waals surface area contributed by atoms with Gasteiger partial charge in [0.05, 0.1) is 13.2 Å². The van der Waals surface area contributed by atoms with E-state index in [0.29, 0.717) is 0 Å². The number of aromatic nitrogens is 2. The summed E-state index contributed by atoms with van der Waals surface area (Å²) in [6.45, 7) is 1.64. The molecule has 0 radical (unpaired) electrons. The van der Waals surface area contributed by atoms with E-state index in [1.54, 1.807) is 6.92 Å². The van der Waals surface area contributed by atoms with Gasteiger partial charge in [-0.2, -0.15) is 18.2 Å².